The van der Waals surface area contributed by atoms with Gasteiger partial charge >= 0.3 is 0 Å². The van der Waals surface area contributed by atoms with Crippen molar-refractivity contribution in [1.82, 2.24) is 0 Å². The van der Waals surface area contributed by atoms with Crippen LogP contribution in [0, 0.1) is 0 Å². The molecule has 2 heteroatoms. The summed E-state index contributed by atoms with van der Waals surface area (Å²) < 4.78 is 0. The van der Waals surface area contributed by atoms with E-state index in [4.69, 9.17) is 11.5 Å². The van der Waals surface area contributed by atoms with Crippen molar-refractivity contribution in [3.05, 3.63) is 0 Å². The van der Waals surface area contributed by atoms with Gasteiger partial charge in [0.2, 0.25) is 0 Å². The van der Waals surface area contributed by atoms with Gasteiger partial charge in [-0.25, -0.2) is 0 Å². The Morgan fingerprint density at radius 2 is 0.857 bits per heavy atom. The Balaban J connectivity index is 3.12. The second-order valence-electron chi connectivity index (χ2n) is 6.98. The molecule has 0 atom stereocenters. The highest BCUT2D eigenvalue weighted by Crippen LogP contribution is 2.15. The minimum absolute atomic E-state index is 0.410. The molecule has 0 aliphatic carbocycles. The highest BCUT2D eigenvalue weighted by molar-refractivity contribution is 4.75. The van der Waals surface area contributed by atoms with Crippen molar-refractivity contribution >= 4 is 0 Å². The smallest absolute Gasteiger partial charge is 0.0636 e. The van der Waals surface area contributed by atoms with Crippen LogP contribution < -0.4 is 11.5 Å². The van der Waals surface area contributed by atoms with Gasteiger partial charge < -0.3 is 11.5 Å². The van der Waals surface area contributed by atoms with Gasteiger partial charge in [0.05, 0.1) is 5.66 Å². The van der Waals surface area contributed by atoms with Gasteiger partial charge in [0, 0.05) is 0 Å². The summed E-state index contributed by atoms with van der Waals surface area (Å²) in [7, 11) is 0. The summed E-state index contributed by atoms with van der Waals surface area (Å²) in [5.74, 6) is 0. The van der Waals surface area contributed by atoms with E-state index in [-0.39, 0.29) is 0 Å². The predicted octanol–water partition coefficient (Wildman–Crippen LogP) is 5.88. The van der Waals surface area contributed by atoms with E-state index >= 15 is 0 Å². The summed E-state index contributed by atoms with van der Waals surface area (Å²) in [5.41, 5.74) is 11.7. The molecule has 0 radical (unpaired) electrons. The number of nitrogens with two attached hydrogens (primary N) is 2. The maximum atomic E-state index is 6.04. The van der Waals surface area contributed by atoms with Crippen molar-refractivity contribution in [2.24, 2.45) is 11.5 Å². The van der Waals surface area contributed by atoms with Crippen LogP contribution in [0.5, 0.6) is 0 Å². The predicted molar refractivity (Wildman–Crippen MR) is 96.3 cm³/mol. The summed E-state index contributed by atoms with van der Waals surface area (Å²) in [6.07, 6.45) is 21.1. The lowest BCUT2D eigenvalue weighted by Crippen LogP contribution is -2.48. The van der Waals surface area contributed by atoms with E-state index in [1.807, 2.05) is 0 Å². The van der Waals surface area contributed by atoms with Crippen molar-refractivity contribution in [3.63, 3.8) is 0 Å². The number of rotatable bonds is 16. The normalized spacial score (nSPS) is 12.0. The molecular formula is C19H42N2. The highest BCUT2D eigenvalue weighted by Gasteiger charge is 2.16. The van der Waals surface area contributed by atoms with E-state index in [1.54, 1.807) is 0 Å². The molecule has 0 spiro atoms. The lowest BCUT2D eigenvalue weighted by Gasteiger charge is -2.23. The van der Waals surface area contributed by atoms with Crippen molar-refractivity contribution in [2.75, 3.05) is 0 Å². The molecule has 0 heterocycles. The molecule has 128 valence electrons. The van der Waals surface area contributed by atoms with Crippen molar-refractivity contribution in [1.29, 1.82) is 0 Å². The molecule has 0 bridgehead atoms. The van der Waals surface area contributed by atoms with E-state index in [9.17, 15) is 0 Å². The first-order valence-electron chi connectivity index (χ1n) is 9.70. The quantitative estimate of drug-likeness (QED) is 0.276. The van der Waals surface area contributed by atoms with Crippen LogP contribution in [0.2, 0.25) is 0 Å². The minimum Gasteiger partial charge on any atom is -0.313 e. The zero-order valence-electron chi connectivity index (χ0n) is 15.0. The van der Waals surface area contributed by atoms with Crippen LogP contribution >= 0.6 is 0 Å². The molecule has 0 rings (SSSR count). The van der Waals surface area contributed by atoms with E-state index in [1.165, 1.54) is 83.5 Å². The first-order valence-corrected chi connectivity index (χ1v) is 9.70. The molecule has 0 aliphatic heterocycles. The zero-order valence-corrected chi connectivity index (χ0v) is 15.0. The van der Waals surface area contributed by atoms with Crippen LogP contribution in [-0.4, -0.2) is 5.66 Å². The van der Waals surface area contributed by atoms with E-state index < -0.39 is 5.66 Å². The molecule has 0 aromatic rings. The van der Waals surface area contributed by atoms with Gasteiger partial charge in [-0.3, -0.25) is 0 Å². The Hall–Kier alpha value is -0.0800. The average molecular weight is 299 g/mol. The molecule has 0 fully saturated rings. The average Bonchev–Trinajstić information content (AvgIpc) is 2.44. The zero-order chi connectivity index (χ0) is 15.8. The van der Waals surface area contributed by atoms with Crippen LogP contribution in [0.4, 0.5) is 0 Å². The highest BCUT2D eigenvalue weighted by atomic mass is 14.9. The fourth-order valence-electron chi connectivity index (χ4n) is 3.06. The van der Waals surface area contributed by atoms with Gasteiger partial charge in [-0.15, -0.1) is 0 Å². The molecule has 4 N–H and O–H groups in total. The molecule has 0 aromatic carbocycles. The Labute approximate surface area is 134 Å². The third-order valence-electron chi connectivity index (χ3n) is 4.46. The molecule has 0 saturated carbocycles. The summed E-state index contributed by atoms with van der Waals surface area (Å²) in [5, 5.41) is 0. The molecule has 0 aromatic heterocycles. The Bertz CT molecular complexity index is 202. The van der Waals surface area contributed by atoms with E-state index in [2.05, 4.69) is 13.8 Å². The second-order valence-corrected chi connectivity index (χ2v) is 6.98. The first-order chi connectivity index (χ1) is 10.1. The van der Waals surface area contributed by atoms with Gasteiger partial charge in [-0.05, 0) is 12.8 Å². The molecule has 0 aliphatic rings. The molecule has 0 unspecified atom stereocenters. The van der Waals surface area contributed by atoms with Crippen molar-refractivity contribution < 1.29 is 0 Å². The lowest BCUT2D eigenvalue weighted by molar-refractivity contribution is 0.357. The van der Waals surface area contributed by atoms with Crippen molar-refractivity contribution in [3.8, 4) is 0 Å². The molecule has 0 amide bonds. The van der Waals surface area contributed by atoms with Gasteiger partial charge in [0.1, 0.15) is 0 Å². The minimum atomic E-state index is -0.410. The standard InChI is InChI=1S/C19H42N2/c1-3-5-6-7-8-9-10-11-12-13-14-15-16-18-19(20,21)17-4-2/h3-18,20-21H2,1-2H3. The Morgan fingerprint density at radius 3 is 1.24 bits per heavy atom. The summed E-state index contributed by atoms with van der Waals surface area (Å²) >= 11 is 0. The lowest BCUT2D eigenvalue weighted by atomic mass is 9.97. The van der Waals surface area contributed by atoms with Crippen LogP contribution in [0.1, 0.15) is 117 Å². The fraction of sp³-hybridized carbons (Fsp3) is 1.00. The summed E-state index contributed by atoms with van der Waals surface area (Å²) in [4.78, 5) is 0. The number of hydrogen-bond donors (Lipinski definition) is 2. The fourth-order valence-corrected chi connectivity index (χ4v) is 3.06. The van der Waals surface area contributed by atoms with Crippen LogP contribution in [0.15, 0.2) is 0 Å². The first kappa shape index (κ1) is 20.9. The SMILES string of the molecule is CCCCCCCCCCCCCCCC(N)(N)CCC. The largest absolute Gasteiger partial charge is 0.313 e. The van der Waals surface area contributed by atoms with Crippen LogP contribution in [-0.2, 0) is 0 Å². The number of unbranched alkanes of at least 4 members (excludes halogenated alkanes) is 12. The van der Waals surface area contributed by atoms with Crippen LogP contribution in [0.25, 0.3) is 0 Å². The summed E-state index contributed by atoms with van der Waals surface area (Å²) in [6.45, 7) is 4.43. The van der Waals surface area contributed by atoms with Gasteiger partial charge in [-0.2, -0.15) is 0 Å². The van der Waals surface area contributed by atoms with E-state index in [0.717, 1.165) is 19.3 Å². The molecule has 2 nitrogen and oxygen atoms in total. The molecule has 0 saturated heterocycles. The second kappa shape index (κ2) is 14.8. The van der Waals surface area contributed by atoms with Crippen molar-refractivity contribution in [2.45, 2.75) is 122 Å². The van der Waals surface area contributed by atoms with Crippen LogP contribution in [0.3, 0.4) is 0 Å². The van der Waals surface area contributed by atoms with Gasteiger partial charge in [-0.1, -0.05) is 104 Å². The Morgan fingerprint density at radius 1 is 0.476 bits per heavy atom. The third kappa shape index (κ3) is 16.1. The maximum Gasteiger partial charge on any atom is 0.0636 e. The molecular weight excluding hydrogens is 256 g/mol. The number of hydrogen-bond acceptors (Lipinski definition) is 2. The topological polar surface area (TPSA) is 52.0 Å². The monoisotopic (exact) mass is 298 g/mol. The molecule has 21 heavy (non-hydrogen) atoms. The maximum absolute atomic E-state index is 6.04. The van der Waals surface area contributed by atoms with Gasteiger partial charge in [0.25, 0.3) is 0 Å². The summed E-state index contributed by atoms with van der Waals surface area (Å²) in [6, 6.07) is 0. The Kier molecular flexibility index (Phi) is 14.8. The third-order valence-corrected chi connectivity index (χ3v) is 4.46. The van der Waals surface area contributed by atoms with E-state index in [0.29, 0.717) is 0 Å². The van der Waals surface area contributed by atoms with Gasteiger partial charge in [0.15, 0.2) is 0 Å².